The van der Waals surface area contributed by atoms with E-state index in [4.69, 9.17) is 11.6 Å². The molecule has 0 saturated heterocycles. The first-order chi connectivity index (χ1) is 9.52. The molecule has 100 valence electrons. The lowest BCUT2D eigenvalue weighted by molar-refractivity contribution is 0.0978. The standard InChI is InChI=1S/C15H8BrClFNO/c16-14-5-4-10(17)7-12(14)15(20)13(8-19)9-2-1-3-11(18)6-9/h1-7,13H. The molecule has 0 saturated carbocycles. The van der Waals surface area contributed by atoms with Crippen LogP contribution < -0.4 is 0 Å². The fraction of sp³-hybridized carbons (Fsp3) is 0.0667. The molecule has 0 amide bonds. The van der Waals surface area contributed by atoms with E-state index in [0.717, 1.165) is 0 Å². The van der Waals surface area contributed by atoms with Crippen LogP contribution in [0.3, 0.4) is 0 Å². The molecule has 0 fully saturated rings. The second-order valence-electron chi connectivity index (χ2n) is 4.11. The Morgan fingerprint density at radius 3 is 2.70 bits per heavy atom. The van der Waals surface area contributed by atoms with Gasteiger partial charge < -0.3 is 0 Å². The topological polar surface area (TPSA) is 40.9 Å². The van der Waals surface area contributed by atoms with Crippen molar-refractivity contribution in [2.24, 2.45) is 0 Å². The predicted octanol–water partition coefficient (Wildman–Crippen LogP) is 4.73. The van der Waals surface area contributed by atoms with Gasteiger partial charge in [-0.1, -0.05) is 39.7 Å². The average molecular weight is 353 g/mol. The highest BCUT2D eigenvalue weighted by molar-refractivity contribution is 9.10. The number of hydrogen-bond acceptors (Lipinski definition) is 2. The average Bonchev–Trinajstić information content (AvgIpc) is 2.42. The van der Waals surface area contributed by atoms with Gasteiger partial charge in [0, 0.05) is 15.1 Å². The van der Waals surface area contributed by atoms with E-state index in [1.165, 1.54) is 24.3 Å². The van der Waals surface area contributed by atoms with E-state index in [0.29, 0.717) is 20.6 Å². The maximum Gasteiger partial charge on any atom is 0.185 e. The number of benzene rings is 2. The molecule has 0 aliphatic carbocycles. The Morgan fingerprint density at radius 1 is 1.30 bits per heavy atom. The molecule has 2 rings (SSSR count). The highest BCUT2D eigenvalue weighted by atomic mass is 79.9. The van der Waals surface area contributed by atoms with Gasteiger partial charge in [0.2, 0.25) is 0 Å². The van der Waals surface area contributed by atoms with Crippen LogP contribution in [-0.4, -0.2) is 5.78 Å². The lowest BCUT2D eigenvalue weighted by atomic mass is 9.92. The van der Waals surface area contributed by atoms with Gasteiger partial charge in [-0.15, -0.1) is 0 Å². The van der Waals surface area contributed by atoms with Crippen molar-refractivity contribution in [1.29, 1.82) is 5.26 Å². The Hall–Kier alpha value is -1.70. The summed E-state index contributed by atoms with van der Waals surface area (Å²) < 4.78 is 13.8. The van der Waals surface area contributed by atoms with Gasteiger partial charge in [-0.2, -0.15) is 5.26 Å². The summed E-state index contributed by atoms with van der Waals surface area (Å²) in [5, 5.41) is 9.62. The summed E-state index contributed by atoms with van der Waals surface area (Å²) in [5.41, 5.74) is 0.623. The quantitative estimate of drug-likeness (QED) is 0.749. The number of halogens is 3. The van der Waals surface area contributed by atoms with Crippen LogP contribution in [0.15, 0.2) is 46.9 Å². The normalized spacial score (nSPS) is 11.7. The minimum Gasteiger partial charge on any atom is -0.292 e. The Kier molecular flexibility index (Phi) is 4.53. The summed E-state index contributed by atoms with van der Waals surface area (Å²) in [6.07, 6.45) is 0. The van der Waals surface area contributed by atoms with E-state index in [-0.39, 0.29) is 0 Å². The molecule has 0 N–H and O–H groups in total. The molecule has 0 bridgehead atoms. The monoisotopic (exact) mass is 351 g/mol. The third-order valence-corrected chi connectivity index (χ3v) is 3.69. The van der Waals surface area contributed by atoms with Crippen molar-refractivity contribution in [2.75, 3.05) is 0 Å². The van der Waals surface area contributed by atoms with Crippen LogP contribution >= 0.6 is 27.5 Å². The van der Waals surface area contributed by atoms with Crippen LogP contribution in [0.1, 0.15) is 21.8 Å². The zero-order valence-electron chi connectivity index (χ0n) is 10.1. The third kappa shape index (κ3) is 3.06. The first-order valence-corrected chi connectivity index (χ1v) is 6.84. The van der Waals surface area contributed by atoms with Crippen LogP contribution in [0, 0.1) is 17.1 Å². The number of carbonyl (C=O) groups excluding carboxylic acids is 1. The Balaban J connectivity index is 2.45. The molecular formula is C15H8BrClFNO. The van der Waals surface area contributed by atoms with Crippen LogP contribution in [0.2, 0.25) is 5.02 Å². The molecule has 0 spiro atoms. The summed E-state index contributed by atoms with van der Waals surface area (Å²) in [5.74, 6) is -1.98. The highest BCUT2D eigenvalue weighted by Gasteiger charge is 2.24. The summed E-state index contributed by atoms with van der Waals surface area (Å²) in [4.78, 5) is 12.4. The second kappa shape index (κ2) is 6.17. The van der Waals surface area contributed by atoms with Crippen LogP contribution in [0.4, 0.5) is 4.39 Å². The van der Waals surface area contributed by atoms with Crippen molar-refractivity contribution in [1.82, 2.24) is 0 Å². The SMILES string of the molecule is N#CC(C(=O)c1cc(Cl)ccc1Br)c1cccc(F)c1. The van der Waals surface area contributed by atoms with E-state index >= 15 is 0 Å². The summed E-state index contributed by atoms with van der Waals surface area (Å²) in [6.45, 7) is 0. The largest absolute Gasteiger partial charge is 0.292 e. The van der Waals surface area contributed by atoms with E-state index < -0.39 is 17.5 Å². The fourth-order valence-corrected chi connectivity index (χ4v) is 2.43. The zero-order valence-corrected chi connectivity index (χ0v) is 12.5. The maximum atomic E-state index is 13.2. The Bertz CT molecular complexity index is 711. The van der Waals surface area contributed by atoms with Crippen molar-refractivity contribution in [3.8, 4) is 6.07 Å². The molecule has 1 unspecified atom stereocenters. The van der Waals surface area contributed by atoms with E-state index in [1.807, 2.05) is 6.07 Å². The molecule has 0 aliphatic rings. The zero-order chi connectivity index (χ0) is 14.7. The minimum atomic E-state index is -1.07. The number of nitriles is 1. The molecule has 2 aromatic carbocycles. The van der Waals surface area contributed by atoms with Gasteiger partial charge in [0.25, 0.3) is 0 Å². The molecular weight excluding hydrogens is 345 g/mol. The lowest BCUT2D eigenvalue weighted by Crippen LogP contribution is -2.12. The highest BCUT2D eigenvalue weighted by Crippen LogP contribution is 2.27. The van der Waals surface area contributed by atoms with Crippen LogP contribution in [0.25, 0.3) is 0 Å². The van der Waals surface area contributed by atoms with Crippen molar-refractivity contribution < 1.29 is 9.18 Å². The van der Waals surface area contributed by atoms with Gasteiger partial charge in [0.1, 0.15) is 11.7 Å². The fourth-order valence-electron chi connectivity index (χ4n) is 1.81. The van der Waals surface area contributed by atoms with Crippen LogP contribution in [-0.2, 0) is 0 Å². The first-order valence-electron chi connectivity index (χ1n) is 5.67. The van der Waals surface area contributed by atoms with Crippen molar-refractivity contribution in [3.05, 3.63) is 68.9 Å². The van der Waals surface area contributed by atoms with Gasteiger partial charge in [-0.05, 0) is 35.9 Å². The smallest absolute Gasteiger partial charge is 0.185 e. The van der Waals surface area contributed by atoms with Gasteiger partial charge in [-0.25, -0.2) is 4.39 Å². The second-order valence-corrected chi connectivity index (χ2v) is 5.40. The summed E-state index contributed by atoms with van der Waals surface area (Å²) in [6, 6.07) is 12.1. The molecule has 0 heterocycles. The van der Waals surface area contributed by atoms with Crippen molar-refractivity contribution >= 4 is 33.3 Å². The van der Waals surface area contributed by atoms with Gasteiger partial charge in [0.05, 0.1) is 6.07 Å². The third-order valence-electron chi connectivity index (χ3n) is 2.77. The molecule has 5 heteroatoms. The molecule has 1 atom stereocenters. The Morgan fingerprint density at radius 2 is 2.05 bits per heavy atom. The predicted molar refractivity (Wildman–Crippen MR) is 78.2 cm³/mol. The maximum absolute atomic E-state index is 13.2. The van der Waals surface area contributed by atoms with Crippen molar-refractivity contribution in [3.63, 3.8) is 0 Å². The molecule has 0 aromatic heterocycles. The number of rotatable bonds is 3. The number of carbonyl (C=O) groups is 1. The van der Waals surface area contributed by atoms with E-state index in [2.05, 4.69) is 15.9 Å². The van der Waals surface area contributed by atoms with Gasteiger partial charge >= 0.3 is 0 Å². The first kappa shape index (κ1) is 14.7. The summed E-state index contributed by atoms with van der Waals surface area (Å²) >= 11 is 9.12. The number of nitrogens with zero attached hydrogens (tertiary/aromatic N) is 1. The van der Waals surface area contributed by atoms with Crippen LogP contribution in [0.5, 0.6) is 0 Å². The summed E-state index contributed by atoms with van der Waals surface area (Å²) in [7, 11) is 0. The molecule has 20 heavy (non-hydrogen) atoms. The van der Waals surface area contributed by atoms with Gasteiger partial charge in [0.15, 0.2) is 5.78 Å². The number of hydrogen-bond donors (Lipinski definition) is 0. The van der Waals surface area contributed by atoms with Crippen molar-refractivity contribution in [2.45, 2.75) is 5.92 Å². The Labute approximate surface area is 128 Å². The lowest BCUT2D eigenvalue weighted by Gasteiger charge is -2.10. The number of ketones is 1. The van der Waals surface area contributed by atoms with E-state index in [9.17, 15) is 14.4 Å². The minimum absolute atomic E-state index is 0.299. The molecule has 0 radical (unpaired) electrons. The number of Topliss-reactive ketones (excluding diaryl/α,β-unsaturated/α-hetero) is 1. The van der Waals surface area contributed by atoms with E-state index in [1.54, 1.807) is 18.2 Å². The van der Waals surface area contributed by atoms with Gasteiger partial charge in [-0.3, -0.25) is 4.79 Å². The molecule has 2 aromatic rings. The molecule has 0 aliphatic heterocycles. The molecule has 2 nitrogen and oxygen atoms in total.